The van der Waals surface area contributed by atoms with Crippen molar-refractivity contribution in [3.8, 4) is 11.1 Å². The lowest BCUT2D eigenvalue weighted by atomic mass is 9.96. The van der Waals surface area contributed by atoms with Crippen LogP contribution in [-0.4, -0.2) is 30.5 Å². The summed E-state index contributed by atoms with van der Waals surface area (Å²) in [4.78, 5) is 13.2. The van der Waals surface area contributed by atoms with Crippen LogP contribution in [-0.2, 0) is 6.42 Å². The molecule has 0 aliphatic carbocycles. The van der Waals surface area contributed by atoms with Crippen LogP contribution in [0.4, 0.5) is 5.69 Å². The number of anilines is 1. The van der Waals surface area contributed by atoms with Crippen molar-refractivity contribution < 1.29 is 9.90 Å². The fourth-order valence-corrected chi connectivity index (χ4v) is 2.71. The molecule has 0 fully saturated rings. The zero-order chi connectivity index (χ0) is 16.8. The number of aromatic carboxylic acids is 1. The van der Waals surface area contributed by atoms with E-state index in [1.165, 1.54) is 5.56 Å². The van der Waals surface area contributed by atoms with Crippen molar-refractivity contribution in [2.24, 2.45) is 0 Å². The number of carbonyl (C=O) groups excluding carboxylic acids is 1. The van der Waals surface area contributed by atoms with E-state index < -0.39 is 5.97 Å². The number of hydrogen-bond acceptors (Lipinski definition) is 4. The summed E-state index contributed by atoms with van der Waals surface area (Å²) in [5, 5.41) is 10.9. The van der Waals surface area contributed by atoms with E-state index in [2.05, 4.69) is 18.7 Å². The molecule has 0 saturated carbocycles. The summed E-state index contributed by atoms with van der Waals surface area (Å²) in [5.41, 5.74) is 10.1. The second-order valence-electron chi connectivity index (χ2n) is 5.56. The summed E-state index contributed by atoms with van der Waals surface area (Å²) in [6, 6.07) is 12.7. The largest absolute Gasteiger partial charge is 0.545 e. The lowest BCUT2D eigenvalue weighted by molar-refractivity contribution is -0.255. The van der Waals surface area contributed by atoms with Gasteiger partial charge in [-0.3, -0.25) is 0 Å². The van der Waals surface area contributed by atoms with Crippen LogP contribution in [0.15, 0.2) is 42.5 Å². The highest BCUT2D eigenvalue weighted by Crippen LogP contribution is 2.26. The SMILES string of the molecule is CCN(CC)CCc1cc(N)ccc1-c1ccc(C(=O)[O-])cc1.Cl. The van der Waals surface area contributed by atoms with Crippen LogP contribution in [0.25, 0.3) is 11.1 Å². The van der Waals surface area contributed by atoms with Gasteiger partial charge >= 0.3 is 0 Å². The number of halogens is 1. The summed E-state index contributed by atoms with van der Waals surface area (Å²) >= 11 is 0. The highest BCUT2D eigenvalue weighted by molar-refractivity contribution is 5.86. The Kier molecular flexibility index (Phi) is 7.75. The van der Waals surface area contributed by atoms with Gasteiger partial charge in [0.1, 0.15) is 0 Å². The molecule has 0 bridgehead atoms. The zero-order valence-electron chi connectivity index (χ0n) is 14.1. The number of carboxylic acid groups (broad SMARTS) is 1. The molecule has 2 aromatic carbocycles. The molecule has 2 N–H and O–H groups in total. The molecule has 0 saturated heterocycles. The summed E-state index contributed by atoms with van der Waals surface area (Å²) in [5.74, 6) is -1.16. The Balaban J connectivity index is 0.00000288. The van der Waals surface area contributed by atoms with Crippen molar-refractivity contribution in [3.05, 3.63) is 53.6 Å². The summed E-state index contributed by atoms with van der Waals surface area (Å²) in [6.45, 7) is 7.33. The molecule has 0 spiro atoms. The van der Waals surface area contributed by atoms with E-state index in [0.29, 0.717) is 0 Å². The van der Waals surface area contributed by atoms with E-state index in [-0.39, 0.29) is 18.0 Å². The first-order valence-electron chi connectivity index (χ1n) is 7.97. The third-order valence-electron chi connectivity index (χ3n) is 4.15. The predicted molar refractivity (Wildman–Crippen MR) is 99.4 cm³/mol. The molecule has 130 valence electrons. The first-order valence-corrected chi connectivity index (χ1v) is 7.97. The molecule has 5 heteroatoms. The molecule has 24 heavy (non-hydrogen) atoms. The zero-order valence-corrected chi connectivity index (χ0v) is 14.9. The van der Waals surface area contributed by atoms with E-state index >= 15 is 0 Å². The Hall–Kier alpha value is -2.04. The summed E-state index contributed by atoms with van der Waals surface area (Å²) in [6.07, 6.45) is 0.907. The molecular formula is C19H24ClN2O2-. The van der Waals surface area contributed by atoms with Crippen molar-refractivity contribution in [1.29, 1.82) is 0 Å². The summed E-state index contributed by atoms with van der Waals surface area (Å²) in [7, 11) is 0. The molecule has 0 aromatic heterocycles. The van der Waals surface area contributed by atoms with Crippen molar-refractivity contribution in [2.75, 3.05) is 25.4 Å². The second-order valence-corrected chi connectivity index (χ2v) is 5.56. The average Bonchev–Trinajstić information content (AvgIpc) is 2.56. The number of benzene rings is 2. The van der Waals surface area contributed by atoms with Gasteiger partial charge in [-0.1, -0.05) is 44.2 Å². The predicted octanol–water partition coefficient (Wildman–Crippen LogP) is 2.61. The number of likely N-dealkylation sites (N-methyl/N-ethyl adjacent to an activating group) is 1. The first kappa shape index (κ1) is 20.0. The number of carboxylic acids is 1. The Morgan fingerprint density at radius 2 is 1.71 bits per heavy atom. The maximum absolute atomic E-state index is 10.9. The maximum Gasteiger partial charge on any atom is 0.0715 e. The van der Waals surface area contributed by atoms with Gasteiger partial charge in [0.15, 0.2) is 0 Å². The van der Waals surface area contributed by atoms with Gasteiger partial charge in [-0.05, 0) is 53.9 Å². The minimum atomic E-state index is -1.16. The molecule has 2 rings (SSSR count). The van der Waals surface area contributed by atoms with Crippen molar-refractivity contribution in [1.82, 2.24) is 4.90 Å². The third-order valence-corrected chi connectivity index (χ3v) is 4.15. The van der Waals surface area contributed by atoms with Gasteiger partial charge in [-0.25, -0.2) is 0 Å². The fraction of sp³-hybridized carbons (Fsp3) is 0.316. The Bertz CT molecular complexity index is 668. The van der Waals surface area contributed by atoms with Gasteiger partial charge in [0.25, 0.3) is 0 Å². The van der Waals surface area contributed by atoms with Crippen molar-refractivity contribution in [2.45, 2.75) is 20.3 Å². The van der Waals surface area contributed by atoms with Crippen LogP contribution in [0.2, 0.25) is 0 Å². The minimum Gasteiger partial charge on any atom is -0.545 e. The lowest BCUT2D eigenvalue weighted by Gasteiger charge is -2.19. The van der Waals surface area contributed by atoms with Crippen molar-refractivity contribution >= 4 is 24.1 Å². The van der Waals surface area contributed by atoms with E-state index in [9.17, 15) is 9.90 Å². The van der Waals surface area contributed by atoms with Crippen molar-refractivity contribution in [3.63, 3.8) is 0 Å². The molecule has 4 nitrogen and oxygen atoms in total. The number of nitrogen functional groups attached to an aromatic ring is 1. The topological polar surface area (TPSA) is 69.4 Å². The van der Waals surface area contributed by atoms with Crippen LogP contribution in [0.3, 0.4) is 0 Å². The molecule has 0 aliphatic heterocycles. The van der Waals surface area contributed by atoms with Gasteiger partial charge in [0.05, 0.1) is 5.97 Å². The molecular weight excluding hydrogens is 324 g/mol. The Morgan fingerprint density at radius 1 is 1.08 bits per heavy atom. The van der Waals surface area contributed by atoms with Crippen LogP contribution >= 0.6 is 12.4 Å². The van der Waals surface area contributed by atoms with Crippen LogP contribution < -0.4 is 10.8 Å². The quantitative estimate of drug-likeness (QED) is 0.782. The van der Waals surface area contributed by atoms with E-state index in [4.69, 9.17) is 5.73 Å². The van der Waals surface area contributed by atoms with E-state index in [1.54, 1.807) is 12.1 Å². The first-order chi connectivity index (χ1) is 11.0. The molecule has 0 heterocycles. The number of carbonyl (C=O) groups is 1. The average molecular weight is 348 g/mol. The molecule has 2 aromatic rings. The standard InChI is InChI=1S/C19H24N2O2.ClH/c1-3-21(4-2)12-11-16-13-17(20)9-10-18(16)14-5-7-15(8-6-14)19(22)23;/h5-10,13H,3-4,11-12,20H2,1-2H3,(H,22,23);1H/p-1. The minimum absolute atomic E-state index is 0. The van der Waals surface area contributed by atoms with Gasteiger partial charge in [-0.15, -0.1) is 12.4 Å². The van der Waals surface area contributed by atoms with Crippen LogP contribution in [0, 0.1) is 0 Å². The lowest BCUT2D eigenvalue weighted by Crippen LogP contribution is -2.25. The maximum atomic E-state index is 10.9. The normalized spacial score (nSPS) is 10.5. The number of nitrogens with two attached hydrogens (primary N) is 1. The van der Waals surface area contributed by atoms with E-state index in [0.717, 1.165) is 42.9 Å². The second kappa shape index (κ2) is 9.30. The molecule has 0 radical (unpaired) electrons. The fourth-order valence-electron chi connectivity index (χ4n) is 2.71. The number of rotatable bonds is 7. The third kappa shape index (κ3) is 4.98. The highest BCUT2D eigenvalue weighted by Gasteiger charge is 2.08. The van der Waals surface area contributed by atoms with E-state index in [1.807, 2.05) is 30.3 Å². The van der Waals surface area contributed by atoms with Gasteiger partial charge in [0, 0.05) is 12.2 Å². The number of nitrogens with zero attached hydrogens (tertiary/aromatic N) is 1. The number of hydrogen-bond donors (Lipinski definition) is 1. The molecule has 0 aliphatic rings. The smallest absolute Gasteiger partial charge is 0.0715 e. The molecule has 0 atom stereocenters. The molecule has 0 amide bonds. The Labute approximate surface area is 149 Å². The van der Waals surface area contributed by atoms with Gasteiger partial charge in [0.2, 0.25) is 0 Å². The van der Waals surface area contributed by atoms with Crippen LogP contribution in [0.1, 0.15) is 29.8 Å². The highest BCUT2D eigenvalue weighted by atomic mass is 35.5. The monoisotopic (exact) mass is 347 g/mol. The summed E-state index contributed by atoms with van der Waals surface area (Å²) < 4.78 is 0. The Morgan fingerprint density at radius 3 is 2.25 bits per heavy atom. The van der Waals surface area contributed by atoms with Gasteiger partial charge in [-0.2, -0.15) is 0 Å². The van der Waals surface area contributed by atoms with Gasteiger partial charge < -0.3 is 20.5 Å². The van der Waals surface area contributed by atoms with Crippen LogP contribution in [0.5, 0.6) is 0 Å². The molecule has 0 unspecified atom stereocenters.